The summed E-state index contributed by atoms with van der Waals surface area (Å²) >= 11 is 0. The largest absolute Gasteiger partial charge is 0.384 e. The highest BCUT2D eigenvalue weighted by Gasteiger charge is 2.06. The van der Waals surface area contributed by atoms with Gasteiger partial charge in [0.05, 0.1) is 5.69 Å². The van der Waals surface area contributed by atoms with Crippen LogP contribution in [-0.4, -0.2) is 22.9 Å². The minimum Gasteiger partial charge on any atom is -0.384 e. The van der Waals surface area contributed by atoms with Crippen LogP contribution in [0.25, 0.3) is 11.3 Å². The van der Waals surface area contributed by atoms with Crippen molar-refractivity contribution >= 4 is 11.5 Å². The van der Waals surface area contributed by atoms with Crippen LogP contribution in [0.3, 0.4) is 0 Å². The van der Waals surface area contributed by atoms with Gasteiger partial charge in [-0.05, 0) is 26.0 Å². The Morgan fingerprint density at radius 1 is 1.17 bits per heavy atom. The van der Waals surface area contributed by atoms with Crippen molar-refractivity contribution in [1.82, 2.24) is 9.78 Å². The van der Waals surface area contributed by atoms with E-state index in [4.69, 9.17) is 5.73 Å². The molecule has 0 amide bonds. The lowest BCUT2D eigenvalue weighted by molar-refractivity contribution is 0.782. The molecule has 2 rings (SSSR count). The molecule has 4 nitrogen and oxygen atoms in total. The molecule has 0 fully saturated rings. The quantitative estimate of drug-likeness (QED) is 0.899. The summed E-state index contributed by atoms with van der Waals surface area (Å²) in [5.41, 5.74) is 9.05. The van der Waals surface area contributed by atoms with Crippen molar-refractivity contribution in [1.29, 1.82) is 0 Å². The Labute approximate surface area is 108 Å². The normalized spacial score (nSPS) is 10.6. The van der Waals surface area contributed by atoms with Crippen LogP contribution in [0.5, 0.6) is 0 Å². The van der Waals surface area contributed by atoms with Crippen molar-refractivity contribution in [2.75, 3.05) is 23.7 Å². The Hall–Kier alpha value is -1.97. The third-order valence-electron chi connectivity index (χ3n) is 3.21. The number of nitrogen functional groups attached to an aromatic ring is 1. The van der Waals surface area contributed by atoms with Gasteiger partial charge in [0.25, 0.3) is 0 Å². The van der Waals surface area contributed by atoms with Gasteiger partial charge in [0.15, 0.2) is 0 Å². The number of benzene rings is 1. The standard InChI is InChI=1S/C14H20N4/c1-4-18(5-2)12-8-6-11(7-9-12)13-10-14(15)17(3)16-13/h6-10H,4-5,15H2,1-3H3. The lowest BCUT2D eigenvalue weighted by Gasteiger charge is -2.20. The molecule has 0 aliphatic rings. The summed E-state index contributed by atoms with van der Waals surface area (Å²) in [5, 5.41) is 4.37. The lowest BCUT2D eigenvalue weighted by Crippen LogP contribution is -2.21. The van der Waals surface area contributed by atoms with E-state index in [0.717, 1.165) is 24.3 Å². The highest BCUT2D eigenvalue weighted by molar-refractivity contribution is 5.65. The molecule has 96 valence electrons. The second kappa shape index (κ2) is 5.12. The molecule has 0 atom stereocenters. The summed E-state index contributed by atoms with van der Waals surface area (Å²) in [6.07, 6.45) is 0. The molecule has 2 aromatic rings. The predicted octanol–water partition coefficient (Wildman–Crippen LogP) is 2.52. The Balaban J connectivity index is 2.27. The van der Waals surface area contributed by atoms with E-state index in [1.807, 2.05) is 13.1 Å². The Bertz CT molecular complexity index is 490. The third-order valence-corrected chi connectivity index (χ3v) is 3.21. The van der Waals surface area contributed by atoms with Gasteiger partial charge in [-0.15, -0.1) is 0 Å². The summed E-state index contributed by atoms with van der Waals surface area (Å²) in [7, 11) is 1.85. The van der Waals surface area contributed by atoms with Gasteiger partial charge in [0.2, 0.25) is 0 Å². The SMILES string of the molecule is CCN(CC)c1ccc(-c2cc(N)n(C)n2)cc1. The first-order chi connectivity index (χ1) is 8.65. The van der Waals surface area contributed by atoms with E-state index in [1.54, 1.807) is 4.68 Å². The van der Waals surface area contributed by atoms with E-state index < -0.39 is 0 Å². The molecule has 1 heterocycles. The van der Waals surface area contributed by atoms with Gasteiger partial charge < -0.3 is 10.6 Å². The van der Waals surface area contributed by atoms with Crippen molar-refractivity contribution in [2.24, 2.45) is 7.05 Å². The Kier molecular flexibility index (Phi) is 3.55. The molecule has 0 aliphatic carbocycles. The number of hydrogen-bond donors (Lipinski definition) is 1. The fourth-order valence-corrected chi connectivity index (χ4v) is 2.05. The van der Waals surface area contributed by atoms with Crippen LogP contribution in [0, 0.1) is 0 Å². The van der Waals surface area contributed by atoms with E-state index in [1.165, 1.54) is 5.69 Å². The van der Waals surface area contributed by atoms with Crippen molar-refractivity contribution in [3.05, 3.63) is 30.3 Å². The maximum atomic E-state index is 5.79. The zero-order valence-corrected chi connectivity index (χ0v) is 11.2. The maximum absolute atomic E-state index is 5.79. The molecule has 0 saturated heterocycles. The highest BCUT2D eigenvalue weighted by Crippen LogP contribution is 2.23. The topological polar surface area (TPSA) is 47.1 Å². The first kappa shape index (κ1) is 12.5. The number of hydrogen-bond acceptors (Lipinski definition) is 3. The Morgan fingerprint density at radius 2 is 1.78 bits per heavy atom. The molecular weight excluding hydrogens is 224 g/mol. The number of aromatic nitrogens is 2. The molecule has 18 heavy (non-hydrogen) atoms. The number of aryl methyl sites for hydroxylation is 1. The van der Waals surface area contributed by atoms with Crippen LogP contribution in [-0.2, 0) is 7.05 Å². The molecule has 0 saturated carbocycles. The smallest absolute Gasteiger partial charge is 0.121 e. The summed E-state index contributed by atoms with van der Waals surface area (Å²) in [6.45, 7) is 6.37. The van der Waals surface area contributed by atoms with Crippen LogP contribution in [0.4, 0.5) is 11.5 Å². The van der Waals surface area contributed by atoms with Crippen LogP contribution in [0.15, 0.2) is 30.3 Å². The van der Waals surface area contributed by atoms with Gasteiger partial charge in [0, 0.05) is 37.5 Å². The molecule has 0 aliphatic heterocycles. The molecule has 0 spiro atoms. The van der Waals surface area contributed by atoms with Crippen molar-refractivity contribution in [3.63, 3.8) is 0 Å². The van der Waals surface area contributed by atoms with Crippen LogP contribution >= 0.6 is 0 Å². The van der Waals surface area contributed by atoms with E-state index in [2.05, 4.69) is 48.1 Å². The average Bonchev–Trinajstić information content (AvgIpc) is 2.72. The Morgan fingerprint density at radius 3 is 2.22 bits per heavy atom. The first-order valence-corrected chi connectivity index (χ1v) is 6.30. The lowest BCUT2D eigenvalue weighted by atomic mass is 10.1. The zero-order chi connectivity index (χ0) is 13.1. The second-order valence-corrected chi connectivity index (χ2v) is 4.30. The second-order valence-electron chi connectivity index (χ2n) is 4.30. The molecule has 0 bridgehead atoms. The van der Waals surface area contributed by atoms with Crippen molar-refractivity contribution in [2.45, 2.75) is 13.8 Å². The monoisotopic (exact) mass is 244 g/mol. The van der Waals surface area contributed by atoms with Crippen molar-refractivity contribution in [3.8, 4) is 11.3 Å². The van der Waals surface area contributed by atoms with E-state index in [9.17, 15) is 0 Å². The molecule has 2 N–H and O–H groups in total. The van der Waals surface area contributed by atoms with Gasteiger partial charge in [-0.1, -0.05) is 12.1 Å². The van der Waals surface area contributed by atoms with E-state index in [-0.39, 0.29) is 0 Å². The number of rotatable bonds is 4. The zero-order valence-electron chi connectivity index (χ0n) is 11.2. The number of anilines is 2. The van der Waals surface area contributed by atoms with Gasteiger partial charge >= 0.3 is 0 Å². The third kappa shape index (κ3) is 2.32. The molecule has 1 aromatic carbocycles. The molecule has 0 unspecified atom stereocenters. The first-order valence-electron chi connectivity index (χ1n) is 6.30. The fourth-order valence-electron chi connectivity index (χ4n) is 2.05. The summed E-state index contributed by atoms with van der Waals surface area (Å²) in [4.78, 5) is 2.32. The summed E-state index contributed by atoms with van der Waals surface area (Å²) in [5.74, 6) is 0.679. The van der Waals surface area contributed by atoms with E-state index in [0.29, 0.717) is 5.82 Å². The van der Waals surface area contributed by atoms with E-state index >= 15 is 0 Å². The highest BCUT2D eigenvalue weighted by atomic mass is 15.3. The van der Waals surface area contributed by atoms with Gasteiger partial charge in [-0.3, -0.25) is 4.68 Å². The molecule has 4 heteroatoms. The van der Waals surface area contributed by atoms with Crippen LogP contribution in [0.2, 0.25) is 0 Å². The maximum Gasteiger partial charge on any atom is 0.121 e. The molecule has 0 radical (unpaired) electrons. The van der Waals surface area contributed by atoms with Gasteiger partial charge in [0.1, 0.15) is 5.82 Å². The minimum atomic E-state index is 0.679. The molecular formula is C14H20N4. The van der Waals surface area contributed by atoms with Gasteiger partial charge in [-0.25, -0.2) is 0 Å². The van der Waals surface area contributed by atoms with Crippen LogP contribution in [0.1, 0.15) is 13.8 Å². The van der Waals surface area contributed by atoms with Crippen LogP contribution < -0.4 is 10.6 Å². The van der Waals surface area contributed by atoms with Gasteiger partial charge in [-0.2, -0.15) is 5.10 Å². The average molecular weight is 244 g/mol. The minimum absolute atomic E-state index is 0.679. The summed E-state index contributed by atoms with van der Waals surface area (Å²) in [6, 6.07) is 10.3. The van der Waals surface area contributed by atoms with Crippen molar-refractivity contribution < 1.29 is 0 Å². The number of nitrogens with two attached hydrogens (primary N) is 1. The molecule has 1 aromatic heterocycles. The summed E-state index contributed by atoms with van der Waals surface area (Å²) < 4.78 is 1.69. The fraction of sp³-hybridized carbons (Fsp3) is 0.357. The predicted molar refractivity (Wildman–Crippen MR) is 76.6 cm³/mol. The number of nitrogens with zero attached hydrogens (tertiary/aromatic N) is 3.